The van der Waals surface area contributed by atoms with Crippen molar-refractivity contribution in [2.75, 3.05) is 0 Å². The van der Waals surface area contributed by atoms with Gasteiger partial charge >= 0.3 is 0 Å². The molecule has 112 valence electrons. The lowest BCUT2D eigenvalue weighted by atomic mass is 10.1. The number of aliphatic hydroxyl groups is 1. The zero-order chi connectivity index (χ0) is 15.4. The van der Waals surface area contributed by atoms with E-state index in [1.807, 2.05) is 13.8 Å². The van der Waals surface area contributed by atoms with Crippen molar-refractivity contribution in [2.45, 2.75) is 32.9 Å². The van der Waals surface area contributed by atoms with Crippen molar-refractivity contribution in [3.8, 4) is 0 Å². The number of aromatic nitrogens is 1. The molecule has 21 heavy (non-hydrogen) atoms. The maximum Gasteiger partial charge on any atom is 0.223 e. The highest BCUT2D eigenvalue weighted by molar-refractivity contribution is 6.30. The average molecular weight is 309 g/mol. The molecule has 1 heterocycles. The molecule has 1 atom stereocenters. The van der Waals surface area contributed by atoms with Crippen LogP contribution in [0.2, 0.25) is 5.02 Å². The molecule has 0 fully saturated rings. The van der Waals surface area contributed by atoms with Crippen molar-refractivity contribution >= 4 is 17.5 Å². The Morgan fingerprint density at radius 2 is 2.05 bits per heavy atom. The molecule has 2 aromatic rings. The summed E-state index contributed by atoms with van der Waals surface area (Å²) >= 11 is 5.78. The van der Waals surface area contributed by atoms with Gasteiger partial charge < -0.3 is 14.8 Å². The second kappa shape index (κ2) is 6.74. The molecular weight excluding hydrogens is 292 g/mol. The number of aryl methyl sites for hydroxylation is 2. The summed E-state index contributed by atoms with van der Waals surface area (Å²) in [6.07, 6.45) is -0.893. The first-order valence-corrected chi connectivity index (χ1v) is 6.96. The van der Waals surface area contributed by atoms with Gasteiger partial charge in [-0.05, 0) is 31.5 Å². The van der Waals surface area contributed by atoms with E-state index in [0.717, 1.165) is 11.5 Å². The normalized spacial score (nSPS) is 12.2. The third kappa shape index (κ3) is 4.31. The van der Waals surface area contributed by atoms with E-state index in [1.54, 1.807) is 24.3 Å². The fraction of sp³-hybridized carbons (Fsp3) is 0.333. The highest BCUT2D eigenvalue weighted by Crippen LogP contribution is 2.19. The molecule has 0 spiro atoms. The molecule has 0 bridgehead atoms. The Kier molecular flexibility index (Phi) is 4.98. The molecule has 0 aliphatic rings. The fourth-order valence-corrected chi connectivity index (χ4v) is 1.97. The molecule has 1 amide bonds. The molecule has 1 aromatic carbocycles. The van der Waals surface area contributed by atoms with E-state index in [-0.39, 0.29) is 18.9 Å². The van der Waals surface area contributed by atoms with E-state index in [9.17, 15) is 9.90 Å². The second-order valence-corrected chi connectivity index (χ2v) is 5.23. The molecule has 0 saturated carbocycles. The van der Waals surface area contributed by atoms with Gasteiger partial charge in [-0.3, -0.25) is 4.79 Å². The number of aliphatic hydroxyl groups excluding tert-OH is 1. The maximum absolute atomic E-state index is 11.8. The van der Waals surface area contributed by atoms with Crippen LogP contribution in [0.5, 0.6) is 0 Å². The Balaban J connectivity index is 1.85. The minimum Gasteiger partial charge on any atom is -0.444 e. The van der Waals surface area contributed by atoms with Gasteiger partial charge in [0.25, 0.3) is 0 Å². The van der Waals surface area contributed by atoms with Crippen molar-refractivity contribution < 1.29 is 14.3 Å². The van der Waals surface area contributed by atoms with Gasteiger partial charge in [-0.15, -0.1) is 0 Å². The summed E-state index contributed by atoms with van der Waals surface area (Å²) in [6.45, 7) is 3.87. The smallest absolute Gasteiger partial charge is 0.223 e. The van der Waals surface area contributed by atoms with Crippen LogP contribution in [0.3, 0.4) is 0 Å². The topological polar surface area (TPSA) is 75.4 Å². The van der Waals surface area contributed by atoms with Gasteiger partial charge in [0.15, 0.2) is 0 Å². The molecule has 6 heteroatoms. The molecule has 0 aliphatic heterocycles. The van der Waals surface area contributed by atoms with E-state index >= 15 is 0 Å². The Morgan fingerprint density at radius 3 is 2.62 bits per heavy atom. The van der Waals surface area contributed by atoms with Gasteiger partial charge in [-0.1, -0.05) is 23.7 Å². The first-order valence-electron chi connectivity index (χ1n) is 6.59. The number of hydrogen-bond donors (Lipinski definition) is 2. The van der Waals surface area contributed by atoms with Crippen LogP contribution in [0.1, 0.15) is 35.4 Å². The Hall–Kier alpha value is -1.85. The number of benzene rings is 1. The summed E-state index contributed by atoms with van der Waals surface area (Å²) in [7, 11) is 0. The van der Waals surface area contributed by atoms with E-state index in [0.29, 0.717) is 16.5 Å². The zero-order valence-electron chi connectivity index (χ0n) is 11.9. The second-order valence-electron chi connectivity index (χ2n) is 4.80. The number of oxazole rings is 1. The van der Waals surface area contributed by atoms with Gasteiger partial charge in [-0.2, -0.15) is 0 Å². The van der Waals surface area contributed by atoms with E-state index in [1.165, 1.54) is 0 Å². The quantitative estimate of drug-likeness (QED) is 0.890. The number of hydrogen-bond acceptors (Lipinski definition) is 4. The number of nitrogens with one attached hydrogen (secondary N) is 1. The number of nitrogens with zero attached hydrogens (tertiary/aromatic N) is 1. The van der Waals surface area contributed by atoms with Gasteiger partial charge in [-0.25, -0.2) is 4.98 Å². The highest BCUT2D eigenvalue weighted by Gasteiger charge is 2.14. The van der Waals surface area contributed by atoms with Crippen molar-refractivity contribution in [2.24, 2.45) is 0 Å². The molecule has 0 radical (unpaired) electrons. The van der Waals surface area contributed by atoms with Crippen molar-refractivity contribution in [3.63, 3.8) is 0 Å². The van der Waals surface area contributed by atoms with Crippen molar-refractivity contribution in [3.05, 3.63) is 52.2 Å². The van der Waals surface area contributed by atoms with Gasteiger partial charge in [0.05, 0.1) is 24.8 Å². The Morgan fingerprint density at radius 1 is 1.38 bits per heavy atom. The molecule has 1 aromatic heterocycles. The largest absolute Gasteiger partial charge is 0.444 e. The molecule has 0 aliphatic carbocycles. The Labute approximate surface area is 128 Å². The first-order chi connectivity index (χ1) is 9.95. The molecule has 2 rings (SSSR count). The van der Waals surface area contributed by atoms with Crippen LogP contribution >= 0.6 is 11.6 Å². The summed E-state index contributed by atoms with van der Waals surface area (Å²) in [5.74, 6) is 0.922. The minimum absolute atomic E-state index is 0.0275. The maximum atomic E-state index is 11.8. The van der Waals surface area contributed by atoms with Gasteiger partial charge in [0, 0.05) is 5.02 Å². The molecule has 5 nitrogen and oxygen atoms in total. The van der Waals surface area contributed by atoms with Crippen LogP contribution in [0.4, 0.5) is 0 Å². The molecular formula is C15H17ClN2O3. The van der Waals surface area contributed by atoms with E-state index < -0.39 is 6.10 Å². The van der Waals surface area contributed by atoms with Crippen LogP contribution in [0.25, 0.3) is 0 Å². The summed E-state index contributed by atoms with van der Waals surface area (Å²) < 4.78 is 5.36. The van der Waals surface area contributed by atoms with Crippen LogP contribution in [-0.4, -0.2) is 16.0 Å². The lowest BCUT2D eigenvalue weighted by molar-refractivity contribution is -0.123. The van der Waals surface area contributed by atoms with Gasteiger partial charge in [0.1, 0.15) is 5.76 Å². The first kappa shape index (κ1) is 15.5. The summed E-state index contributed by atoms with van der Waals surface area (Å²) in [4.78, 5) is 16.0. The van der Waals surface area contributed by atoms with Crippen LogP contribution in [0, 0.1) is 13.8 Å². The van der Waals surface area contributed by atoms with Crippen LogP contribution in [-0.2, 0) is 11.3 Å². The summed E-state index contributed by atoms with van der Waals surface area (Å²) in [5.41, 5.74) is 1.46. The average Bonchev–Trinajstić information content (AvgIpc) is 2.76. The summed E-state index contributed by atoms with van der Waals surface area (Å²) in [5, 5.41) is 13.2. The zero-order valence-corrected chi connectivity index (χ0v) is 12.6. The minimum atomic E-state index is -0.865. The molecule has 0 saturated heterocycles. The Bertz CT molecular complexity index is 603. The third-order valence-corrected chi connectivity index (χ3v) is 3.40. The fourth-order valence-electron chi connectivity index (χ4n) is 1.84. The highest BCUT2D eigenvalue weighted by atomic mass is 35.5. The molecule has 1 unspecified atom stereocenters. The van der Waals surface area contributed by atoms with Gasteiger partial charge in [0.2, 0.25) is 11.8 Å². The third-order valence-electron chi connectivity index (χ3n) is 3.14. The van der Waals surface area contributed by atoms with Crippen LogP contribution < -0.4 is 5.32 Å². The lowest BCUT2D eigenvalue weighted by Gasteiger charge is -2.10. The standard InChI is InChI=1S/C15H17ClN2O3/c1-9-10(2)21-15(18-9)8-17-14(20)7-13(19)11-3-5-12(16)6-4-11/h3-6,13,19H,7-8H2,1-2H3,(H,17,20). The van der Waals surface area contributed by atoms with Crippen LogP contribution in [0.15, 0.2) is 28.7 Å². The predicted molar refractivity (Wildman–Crippen MR) is 78.9 cm³/mol. The predicted octanol–water partition coefficient (Wildman–Crippen LogP) is 2.68. The number of halogens is 1. The number of carbonyl (C=O) groups is 1. The van der Waals surface area contributed by atoms with E-state index in [4.69, 9.17) is 16.0 Å². The number of carbonyl (C=O) groups excluding carboxylic acids is 1. The molecule has 2 N–H and O–H groups in total. The number of amides is 1. The lowest BCUT2D eigenvalue weighted by Crippen LogP contribution is -2.24. The SMILES string of the molecule is Cc1nc(CNC(=O)CC(O)c2ccc(Cl)cc2)oc1C. The number of rotatable bonds is 5. The monoisotopic (exact) mass is 308 g/mol. The van der Waals surface area contributed by atoms with Crippen molar-refractivity contribution in [1.29, 1.82) is 0 Å². The van der Waals surface area contributed by atoms with Crippen molar-refractivity contribution in [1.82, 2.24) is 10.3 Å². The summed E-state index contributed by atoms with van der Waals surface area (Å²) in [6, 6.07) is 6.74. The van der Waals surface area contributed by atoms with E-state index in [2.05, 4.69) is 10.3 Å².